The molecule has 104 valence electrons. The molecule has 0 heterocycles. The molecule has 0 radical (unpaired) electrons. The summed E-state index contributed by atoms with van der Waals surface area (Å²) in [6, 6.07) is 15.2. The Labute approximate surface area is 118 Å². The predicted octanol–water partition coefficient (Wildman–Crippen LogP) is 2.83. The fourth-order valence-corrected chi connectivity index (χ4v) is 1.82. The van der Waals surface area contributed by atoms with Crippen molar-refractivity contribution in [3.05, 3.63) is 54.1 Å². The number of amides is 1. The molecule has 0 spiro atoms. The summed E-state index contributed by atoms with van der Waals surface area (Å²) in [7, 11) is 1.70. The van der Waals surface area contributed by atoms with Gasteiger partial charge in [0.15, 0.2) is 0 Å². The van der Waals surface area contributed by atoms with Gasteiger partial charge in [-0.25, -0.2) is 0 Å². The number of carbonyl (C=O) groups excluding carboxylic acids is 1. The van der Waals surface area contributed by atoms with Crippen molar-refractivity contribution in [1.82, 2.24) is 0 Å². The van der Waals surface area contributed by atoms with Crippen LogP contribution in [-0.4, -0.2) is 13.0 Å². The average Bonchev–Trinajstić information content (AvgIpc) is 2.46. The minimum absolute atomic E-state index is 0.0693. The molecule has 0 aliphatic heterocycles. The van der Waals surface area contributed by atoms with E-state index in [1.165, 1.54) is 11.8 Å². The van der Waals surface area contributed by atoms with E-state index in [9.17, 15) is 4.79 Å². The zero-order valence-electron chi connectivity index (χ0n) is 11.7. The summed E-state index contributed by atoms with van der Waals surface area (Å²) < 4.78 is 5.80. The number of nitrogen functional groups attached to an aromatic ring is 1. The molecule has 0 unspecified atom stereocenters. The Balaban J connectivity index is 2.21. The second-order valence-corrected chi connectivity index (χ2v) is 4.58. The normalized spacial score (nSPS) is 10.1. The molecule has 0 bridgehead atoms. The van der Waals surface area contributed by atoms with Crippen LogP contribution in [-0.2, 0) is 11.4 Å². The third kappa shape index (κ3) is 3.29. The lowest BCUT2D eigenvalue weighted by atomic mass is 10.2. The van der Waals surface area contributed by atoms with E-state index < -0.39 is 0 Å². The number of benzene rings is 2. The van der Waals surface area contributed by atoms with E-state index in [0.29, 0.717) is 23.7 Å². The highest BCUT2D eigenvalue weighted by molar-refractivity contribution is 5.93. The largest absolute Gasteiger partial charge is 0.487 e. The molecule has 2 N–H and O–H groups in total. The van der Waals surface area contributed by atoms with Crippen LogP contribution in [0.25, 0.3) is 0 Å². The summed E-state index contributed by atoms with van der Waals surface area (Å²) in [5.74, 6) is 0.570. The maximum Gasteiger partial charge on any atom is 0.223 e. The number of hydrogen-bond donors (Lipinski definition) is 1. The fourth-order valence-electron chi connectivity index (χ4n) is 1.82. The van der Waals surface area contributed by atoms with Crippen molar-refractivity contribution in [2.75, 3.05) is 17.7 Å². The molecule has 0 fully saturated rings. The first kappa shape index (κ1) is 13.9. The summed E-state index contributed by atoms with van der Waals surface area (Å²) in [6.45, 7) is 1.95. The Bertz CT molecular complexity index is 597. The van der Waals surface area contributed by atoms with E-state index in [4.69, 9.17) is 10.5 Å². The fraction of sp³-hybridized carbons (Fsp3) is 0.188. The molecule has 20 heavy (non-hydrogen) atoms. The molecule has 0 aromatic heterocycles. The molecule has 0 saturated heterocycles. The van der Waals surface area contributed by atoms with Crippen LogP contribution in [0.5, 0.6) is 5.75 Å². The van der Waals surface area contributed by atoms with Crippen molar-refractivity contribution in [2.24, 2.45) is 0 Å². The maximum atomic E-state index is 11.5. The molecule has 0 saturated carbocycles. The molecular weight excluding hydrogens is 252 g/mol. The molecule has 2 rings (SSSR count). The third-order valence-electron chi connectivity index (χ3n) is 3.05. The number of hydrogen-bond acceptors (Lipinski definition) is 3. The van der Waals surface area contributed by atoms with Gasteiger partial charge in [0, 0.05) is 19.7 Å². The molecule has 0 aliphatic carbocycles. The van der Waals surface area contributed by atoms with Crippen molar-refractivity contribution in [1.29, 1.82) is 0 Å². The number of carbonyl (C=O) groups is 1. The summed E-state index contributed by atoms with van der Waals surface area (Å²) >= 11 is 0. The number of nitrogens with two attached hydrogens (primary N) is 1. The van der Waals surface area contributed by atoms with Crippen LogP contribution in [0.2, 0.25) is 0 Å². The van der Waals surface area contributed by atoms with Crippen LogP contribution in [0.1, 0.15) is 12.5 Å². The van der Waals surface area contributed by atoms with Crippen molar-refractivity contribution >= 4 is 17.3 Å². The highest BCUT2D eigenvalue weighted by Gasteiger charge is 2.12. The van der Waals surface area contributed by atoms with Gasteiger partial charge in [0.2, 0.25) is 5.91 Å². The minimum Gasteiger partial charge on any atom is -0.487 e. The quantitative estimate of drug-likeness (QED) is 0.869. The van der Waals surface area contributed by atoms with E-state index in [1.807, 2.05) is 30.3 Å². The Morgan fingerprint density at radius 3 is 2.55 bits per heavy atom. The van der Waals surface area contributed by atoms with Crippen molar-refractivity contribution < 1.29 is 9.53 Å². The van der Waals surface area contributed by atoms with Gasteiger partial charge in [0.1, 0.15) is 12.4 Å². The van der Waals surface area contributed by atoms with Crippen LogP contribution < -0.4 is 15.4 Å². The van der Waals surface area contributed by atoms with Crippen LogP contribution in [0.15, 0.2) is 48.5 Å². The number of nitrogens with zero attached hydrogens (tertiary/aromatic N) is 1. The second-order valence-electron chi connectivity index (χ2n) is 4.58. The third-order valence-corrected chi connectivity index (χ3v) is 3.05. The lowest BCUT2D eigenvalue weighted by Crippen LogP contribution is -2.23. The maximum absolute atomic E-state index is 11.5. The molecule has 2 aromatic carbocycles. The Kier molecular flexibility index (Phi) is 4.25. The van der Waals surface area contributed by atoms with E-state index in [0.717, 1.165) is 5.56 Å². The van der Waals surface area contributed by atoms with Crippen molar-refractivity contribution in [3.8, 4) is 5.75 Å². The van der Waals surface area contributed by atoms with Gasteiger partial charge in [-0.2, -0.15) is 0 Å². The van der Waals surface area contributed by atoms with Gasteiger partial charge in [-0.1, -0.05) is 30.3 Å². The smallest absolute Gasteiger partial charge is 0.223 e. The van der Waals surface area contributed by atoms with Gasteiger partial charge in [-0.15, -0.1) is 0 Å². The highest BCUT2D eigenvalue weighted by Crippen LogP contribution is 2.30. The van der Waals surface area contributed by atoms with Gasteiger partial charge in [0.25, 0.3) is 0 Å². The average molecular weight is 270 g/mol. The summed E-state index contributed by atoms with van der Waals surface area (Å²) in [5.41, 5.74) is 8.12. The van der Waals surface area contributed by atoms with E-state index in [-0.39, 0.29) is 5.91 Å². The van der Waals surface area contributed by atoms with Crippen molar-refractivity contribution in [3.63, 3.8) is 0 Å². The van der Waals surface area contributed by atoms with E-state index >= 15 is 0 Å². The van der Waals surface area contributed by atoms with Gasteiger partial charge in [-0.05, 0) is 23.8 Å². The zero-order valence-corrected chi connectivity index (χ0v) is 11.7. The van der Waals surface area contributed by atoms with E-state index in [1.54, 1.807) is 25.2 Å². The predicted molar refractivity (Wildman–Crippen MR) is 80.7 cm³/mol. The summed E-state index contributed by atoms with van der Waals surface area (Å²) in [6.07, 6.45) is 0. The SMILES string of the molecule is CC(=O)N(C)c1cc(N)ccc1OCc1ccccc1. The van der Waals surface area contributed by atoms with Crippen LogP contribution in [0, 0.1) is 0 Å². The first-order valence-corrected chi connectivity index (χ1v) is 6.38. The molecular formula is C16H18N2O2. The van der Waals surface area contributed by atoms with Gasteiger partial charge >= 0.3 is 0 Å². The lowest BCUT2D eigenvalue weighted by Gasteiger charge is -2.20. The molecule has 4 nitrogen and oxygen atoms in total. The first-order valence-electron chi connectivity index (χ1n) is 6.38. The first-order chi connectivity index (χ1) is 9.58. The second kappa shape index (κ2) is 6.10. The monoisotopic (exact) mass is 270 g/mol. The molecule has 1 amide bonds. The molecule has 4 heteroatoms. The molecule has 0 atom stereocenters. The summed E-state index contributed by atoms with van der Waals surface area (Å²) in [4.78, 5) is 13.0. The summed E-state index contributed by atoms with van der Waals surface area (Å²) in [5, 5.41) is 0. The lowest BCUT2D eigenvalue weighted by molar-refractivity contribution is -0.116. The highest BCUT2D eigenvalue weighted by atomic mass is 16.5. The number of anilines is 2. The Morgan fingerprint density at radius 1 is 1.20 bits per heavy atom. The number of rotatable bonds is 4. The van der Waals surface area contributed by atoms with Crippen LogP contribution in [0.4, 0.5) is 11.4 Å². The van der Waals surface area contributed by atoms with Crippen LogP contribution in [0.3, 0.4) is 0 Å². The van der Waals surface area contributed by atoms with Gasteiger partial charge < -0.3 is 15.4 Å². The Hall–Kier alpha value is -2.49. The number of ether oxygens (including phenoxy) is 1. The Morgan fingerprint density at radius 2 is 1.90 bits per heavy atom. The van der Waals surface area contributed by atoms with Gasteiger partial charge in [-0.3, -0.25) is 4.79 Å². The molecule has 0 aliphatic rings. The van der Waals surface area contributed by atoms with E-state index in [2.05, 4.69) is 0 Å². The molecule has 2 aromatic rings. The van der Waals surface area contributed by atoms with Crippen LogP contribution >= 0.6 is 0 Å². The van der Waals surface area contributed by atoms with Crippen molar-refractivity contribution in [2.45, 2.75) is 13.5 Å². The zero-order chi connectivity index (χ0) is 14.5. The minimum atomic E-state index is -0.0693. The van der Waals surface area contributed by atoms with Gasteiger partial charge in [0.05, 0.1) is 5.69 Å². The standard InChI is InChI=1S/C16H18N2O2/c1-12(19)18(2)15-10-14(17)8-9-16(15)20-11-13-6-4-3-5-7-13/h3-10H,11,17H2,1-2H3. The topological polar surface area (TPSA) is 55.6 Å².